The van der Waals surface area contributed by atoms with Crippen molar-refractivity contribution in [2.45, 2.75) is 63.3 Å². The molecule has 0 bridgehead atoms. The van der Waals surface area contributed by atoms with E-state index in [9.17, 15) is 8.42 Å². The minimum absolute atomic E-state index is 0.0855. The fraction of sp³-hybridized carbons (Fsp3) is 1.00. The van der Waals surface area contributed by atoms with Crippen LogP contribution in [0.5, 0.6) is 0 Å². The van der Waals surface area contributed by atoms with Gasteiger partial charge in [-0.05, 0) is 32.6 Å². The van der Waals surface area contributed by atoms with Gasteiger partial charge in [0, 0.05) is 12.6 Å². The molecule has 0 amide bonds. The monoisotopic (exact) mass is 279 g/mol. The molecule has 6 heteroatoms. The normalized spacial score (nSPS) is 25.9. The van der Waals surface area contributed by atoms with Crippen LogP contribution in [0.3, 0.4) is 0 Å². The van der Waals surface area contributed by atoms with Crippen LogP contribution < -0.4 is 4.72 Å². The molecule has 0 spiro atoms. The van der Waals surface area contributed by atoms with E-state index in [0.29, 0.717) is 19.4 Å². The lowest BCUT2D eigenvalue weighted by atomic mass is 9.86. The van der Waals surface area contributed by atoms with Gasteiger partial charge in [-0.1, -0.05) is 13.8 Å². The number of aliphatic hydroxyl groups excluding tert-OH is 1. The van der Waals surface area contributed by atoms with Gasteiger partial charge in [-0.15, -0.1) is 0 Å². The minimum atomic E-state index is -3.43. The summed E-state index contributed by atoms with van der Waals surface area (Å²) < 4.78 is 32.3. The van der Waals surface area contributed by atoms with E-state index in [1.807, 2.05) is 0 Å². The first-order valence-electron chi connectivity index (χ1n) is 6.65. The lowest BCUT2D eigenvalue weighted by molar-refractivity contribution is -0.0905. The number of sulfonamides is 1. The fourth-order valence-corrected chi connectivity index (χ4v) is 3.41. The zero-order valence-electron chi connectivity index (χ0n) is 11.5. The van der Waals surface area contributed by atoms with Crippen molar-refractivity contribution in [2.75, 3.05) is 13.2 Å². The summed E-state index contributed by atoms with van der Waals surface area (Å²) in [5.41, 5.74) is -0.201. The van der Waals surface area contributed by atoms with Gasteiger partial charge in [-0.25, -0.2) is 13.1 Å². The van der Waals surface area contributed by atoms with Gasteiger partial charge in [0.05, 0.1) is 17.5 Å². The van der Waals surface area contributed by atoms with Crippen molar-refractivity contribution in [2.24, 2.45) is 0 Å². The molecule has 2 N–H and O–H groups in total. The van der Waals surface area contributed by atoms with Crippen molar-refractivity contribution in [3.8, 4) is 0 Å². The summed E-state index contributed by atoms with van der Waals surface area (Å²) in [5.74, 6) is 0. The second-order valence-electron chi connectivity index (χ2n) is 5.08. The number of rotatable bonds is 6. The smallest absolute Gasteiger partial charge is 0.216 e. The zero-order valence-corrected chi connectivity index (χ0v) is 12.3. The maximum atomic E-state index is 11.9. The molecule has 0 saturated carbocycles. The van der Waals surface area contributed by atoms with Gasteiger partial charge >= 0.3 is 0 Å². The van der Waals surface area contributed by atoms with Gasteiger partial charge in [-0.2, -0.15) is 0 Å². The predicted molar refractivity (Wildman–Crippen MR) is 70.9 cm³/mol. The van der Waals surface area contributed by atoms with Gasteiger partial charge < -0.3 is 9.84 Å². The Labute approximate surface area is 110 Å². The van der Waals surface area contributed by atoms with Crippen molar-refractivity contribution in [1.82, 2.24) is 4.72 Å². The molecule has 0 aliphatic carbocycles. The molecule has 2 atom stereocenters. The average molecular weight is 279 g/mol. The average Bonchev–Trinajstić information content (AvgIpc) is 2.37. The highest BCUT2D eigenvalue weighted by Crippen LogP contribution is 2.31. The summed E-state index contributed by atoms with van der Waals surface area (Å²) in [6.45, 7) is 5.87. The minimum Gasteiger partial charge on any atom is -0.395 e. The van der Waals surface area contributed by atoms with Crippen LogP contribution in [0.1, 0.15) is 46.5 Å². The summed E-state index contributed by atoms with van der Waals surface area (Å²) in [6, 6.07) is -0.0855. The SMILES string of the molecule is CCC1(CC)CC(NS(=O)(=O)C(C)CO)CCO1. The van der Waals surface area contributed by atoms with Crippen LogP contribution in [-0.2, 0) is 14.8 Å². The van der Waals surface area contributed by atoms with Crippen molar-refractivity contribution >= 4 is 10.0 Å². The van der Waals surface area contributed by atoms with Crippen molar-refractivity contribution in [3.63, 3.8) is 0 Å². The molecule has 1 heterocycles. The molecule has 1 fully saturated rings. The summed E-state index contributed by atoms with van der Waals surface area (Å²) in [4.78, 5) is 0. The Hall–Kier alpha value is -0.170. The van der Waals surface area contributed by atoms with Gasteiger partial charge in [0.2, 0.25) is 10.0 Å². The molecular weight excluding hydrogens is 254 g/mol. The summed E-state index contributed by atoms with van der Waals surface area (Å²) in [7, 11) is -3.43. The maximum Gasteiger partial charge on any atom is 0.216 e. The molecule has 108 valence electrons. The largest absolute Gasteiger partial charge is 0.395 e. The fourth-order valence-electron chi connectivity index (χ4n) is 2.32. The van der Waals surface area contributed by atoms with Crippen LogP contribution in [0.2, 0.25) is 0 Å². The molecule has 0 aromatic rings. The highest BCUT2D eigenvalue weighted by molar-refractivity contribution is 7.90. The van der Waals surface area contributed by atoms with E-state index >= 15 is 0 Å². The topological polar surface area (TPSA) is 75.6 Å². The number of hydrogen-bond acceptors (Lipinski definition) is 4. The van der Waals surface area contributed by atoms with Gasteiger partial charge in [0.15, 0.2) is 0 Å². The van der Waals surface area contributed by atoms with Crippen LogP contribution in [0, 0.1) is 0 Å². The molecule has 1 saturated heterocycles. The molecule has 18 heavy (non-hydrogen) atoms. The molecule has 0 aromatic carbocycles. The predicted octanol–water partition coefficient (Wildman–Crippen LogP) is 1.02. The molecule has 0 aromatic heterocycles. The van der Waals surface area contributed by atoms with Crippen LogP contribution in [0.25, 0.3) is 0 Å². The molecule has 0 radical (unpaired) electrons. The zero-order chi connectivity index (χ0) is 13.8. The first-order valence-corrected chi connectivity index (χ1v) is 8.19. The summed E-state index contributed by atoms with van der Waals surface area (Å²) in [6.07, 6.45) is 3.17. The van der Waals surface area contributed by atoms with E-state index in [1.165, 1.54) is 6.92 Å². The highest BCUT2D eigenvalue weighted by Gasteiger charge is 2.36. The van der Waals surface area contributed by atoms with E-state index in [0.717, 1.165) is 12.8 Å². The lowest BCUT2D eigenvalue weighted by Crippen LogP contribution is -2.50. The van der Waals surface area contributed by atoms with Crippen molar-refractivity contribution < 1.29 is 18.3 Å². The Morgan fingerprint density at radius 3 is 2.56 bits per heavy atom. The van der Waals surface area contributed by atoms with Crippen LogP contribution in [0.15, 0.2) is 0 Å². The second-order valence-corrected chi connectivity index (χ2v) is 7.21. The first kappa shape index (κ1) is 15.9. The summed E-state index contributed by atoms with van der Waals surface area (Å²) in [5, 5.41) is 8.19. The third-order valence-corrected chi connectivity index (χ3v) is 5.77. The quantitative estimate of drug-likeness (QED) is 0.761. The third-order valence-electron chi connectivity index (χ3n) is 3.90. The third kappa shape index (κ3) is 3.66. The Balaban J connectivity index is 2.69. The molecule has 1 aliphatic heterocycles. The van der Waals surface area contributed by atoms with Gasteiger partial charge in [-0.3, -0.25) is 0 Å². The Kier molecular flexibility index (Phi) is 5.58. The molecule has 2 unspecified atom stereocenters. The summed E-state index contributed by atoms with van der Waals surface area (Å²) >= 11 is 0. The Morgan fingerprint density at radius 2 is 2.06 bits per heavy atom. The van der Waals surface area contributed by atoms with Crippen LogP contribution in [-0.4, -0.2) is 43.6 Å². The van der Waals surface area contributed by atoms with E-state index in [4.69, 9.17) is 9.84 Å². The molecular formula is C12H25NO4S. The molecule has 5 nitrogen and oxygen atoms in total. The lowest BCUT2D eigenvalue weighted by Gasteiger charge is -2.40. The highest BCUT2D eigenvalue weighted by atomic mass is 32.2. The number of nitrogens with one attached hydrogen (secondary N) is 1. The van der Waals surface area contributed by atoms with E-state index < -0.39 is 15.3 Å². The van der Waals surface area contributed by atoms with Gasteiger partial charge in [0.25, 0.3) is 0 Å². The van der Waals surface area contributed by atoms with Crippen LogP contribution >= 0.6 is 0 Å². The van der Waals surface area contributed by atoms with E-state index in [1.54, 1.807) is 0 Å². The molecule has 1 rings (SSSR count). The Morgan fingerprint density at radius 1 is 1.44 bits per heavy atom. The van der Waals surface area contributed by atoms with Crippen molar-refractivity contribution in [1.29, 1.82) is 0 Å². The Bertz CT molecular complexity index is 351. The standard InChI is InChI=1S/C12H25NO4S/c1-4-12(5-2)8-11(6-7-17-12)13-18(15,16)10(3)9-14/h10-11,13-14H,4-9H2,1-3H3. The number of ether oxygens (including phenoxy) is 1. The van der Waals surface area contributed by atoms with Crippen molar-refractivity contribution in [3.05, 3.63) is 0 Å². The van der Waals surface area contributed by atoms with E-state index in [-0.39, 0.29) is 18.2 Å². The maximum absolute atomic E-state index is 11.9. The number of hydrogen-bond donors (Lipinski definition) is 2. The number of aliphatic hydroxyl groups is 1. The second kappa shape index (κ2) is 6.32. The van der Waals surface area contributed by atoms with Crippen LogP contribution in [0.4, 0.5) is 0 Å². The van der Waals surface area contributed by atoms with E-state index in [2.05, 4.69) is 18.6 Å². The van der Waals surface area contributed by atoms with Gasteiger partial charge in [0.1, 0.15) is 0 Å². The first-order chi connectivity index (χ1) is 8.39. The molecule has 1 aliphatic rings.